The van der Waals surface area contributed by atoms with Crippen LogP contribution in [0.15, 0.2) is 35.3 Å². The van der Waals surface area contributed by atoms with E-state index in [2.05, 4.69) is 15.0 Å². The molecule has 0 atom stereocenters. The Morgan fingerprint density at radius 3 is 2.67 bits per heavy atom. The number of fused-ring (bicyclic) bond motifs is 1. The monoisotopic (exact) mass is 411 g/mol. The molecule has 1 aliphatic heterocycles. The van der Waals surface area contributed by atoms with E-state index in [1.54, 1.807) is 39.9 Å². The third-order valence-corrected chi connectivity index (χ3v) is 5.04. The smallest absolute Gasteiger partial charge is 0.410 e. The number of H-pyrrole nitrogens is 1. The van der Waals surface area contributed by atoms with Gasteiger partial charge in [0, 0.05) is 24.7 Å². The summed E-state index contributed by atoms with van der Waals surface area (Å²) in [6.07, 6.45) is 2.49. The number of benzene rings is 1. The number of aromatic amines is 1. The third-order valence-electron chi connectivity index (χ3n) is 5.04. The first-order chi connectivity index (χ1) is 14.2. The number of aromatic hydroxyl groups is 1. The van der Waals surface area contributed by atoms with Gasteiger partial charge in [0.15, 0.2) is 11.5 Å². The Morgan fingerprint density at radius 1 is 1.27 bits per heavy atom. The van der Waals surface area contributed by atoms with Crippen molar-refractivity contribution >= 4 is 17.3 Å². The Bertz CT molecular complexity index is 1140. The lowest BCUT2D eigenvalue weighted by molar-refractivity contribution is 0.0189. The molecule has 0 aliphatic carbocycles. The lowest BCUT2D eigenvalue weighted by atomic mass is 10.1. The maximum Gasteiger partial charge on any atom is 0.410 e. The minimum absolute atomic E-state index is 0.0862. The van der Waals surface area contributed by atoms with E-state index in [1.807, 2.05) is 20.8 Å². The Morgan fingerprint density at radius 2 is 2.00 bits per heavy atom. The molecule has 30 heavy (non-hydrogen) atoms. The molecule has 3 heterocycles. The topological polar surface area (TPSA) is 113 Å². The summed E-state index contributed by atoms with van der Waals surface area (Å²) in [4.78, 5) is 38.3. The van der Waals surface area contributed by atoms with Crippen molar-refractivity contribution in [1.29, 1.82) is 0 Å². The average molecular weight is 411 g/mol. The fourth-order valence-electron chi connectivity index (χ4n) is 3.67. The van der Waals surface area contributed by atoms with E-state index >= 15 is 0 Å². The van der Waals surface area contributed by atoms with Crippen molar-refractivity contribution in [3.8, 4) is 17.1 Å². The number of nitrogens with one attached hydrogen (secondary N) is 1. The first kappa shape index (κ1) is 19.9. The van der Waals surface area contributed by atoms with Crippen LogP contribution in [0, 0.1) is 0 Å². The summed E-state index contributed by atoms with van der Waals surface area (Å²) in [6.45, 7) is 6.53. The molecule has 1 aliphatic rings. The van der Waals surface area contributed by atoms with E-state index < -0.39 is 5.60 Å². The van der Waals surface area contributed by atoms with Gasteiger partial charge in [-0.2, -0.15) is 0 Å². The molecular formula is C21H25N5O4. The second kappa shape index (κ2) is 7.47. The number of ether oxygens (including phenoxy) is 1. The first-order valence-electron chi connectivity index (χ1n) is 9.96. The molecule has 3 aromatic rings. The van der Waals surface area contributed by atoms with Gasteiger partial charge in [-0.25, -0.2) is 19.6 Å². The molecule has 0 radical (unpaired) electrons. The zero-order chi connectivity index (χ0) is 21.5. The number of amides is 1. The zero-order valence-corrected chi connectivity index (χ0v) is 17.3. The van der Waals surface area contributed by atoms with Gasteiger partial charge in [0.1, 0.15) is 16.9 Å². The van der Waals surface area contributed by atoms with Crippen molar-refractivity contribution in [2.75, 3.05) is 13.1 Å². The van der Waals surface area contributed by atoms with Crippen LogP contribution in [0.3, 0.4) is 0 Å². The SMILES string of the molecule is CC(C)(C)OC(=O)N1CCC(n2c(=O)[nH]c3cnc(-c4cccc(O)c4)nc32)CC1. The number of phenols is 1. The van der Waals surface area contributed by atoms with Crippen LogP contribution in [0.1, 0.15) is 39.7 Å². The molecule has 0 unspecified atom stereocenters. The minimum Gasteiger partial charge on any atom is -0.508 e. The molecule has 0 saturated carbocycles. The highest BCUT2D eigenvalue weighted by Gasteiger charge is 2.29. The van der Waals surface area contributed by atoms with Crippen LogP contribution in [-0.2, 0) is 4.74 Å². The predicted molar refractivity (Wildman–Crippen MR) is 111 cm³/mol. The largest absolute Gasteiger partial charge is 0.508 e. The molecule has 1 amide bonds. The number of nitrogens with zero attached hydrogens (tertiary/aromatic N) is 4. The van der Waals surface area contributed by atoms with Crippen molar-refractivity contribution < 1.29 is 14.6 Å². The number of carbonyl (C=O) groups excluding carboxylic acids is 1. The van der Waals surface area contributed by atoms with Crippen molar-refractivity contribution in [2.24, 2.45) is 0 Å². The summed E-state index contributed by atoms with van der Waals surface area (Å²) in [5.41, 5.74) is 0.948. The maximum atomic E-state index is 12.6. The molecule has 158 valence electrons. The van der Waals surface area contributed by atoms with E-state index in [0.29, 0.717) is 48.5 Å². The van der Waals surface area contributed by atoms with Gasteiger partial charge in [0.2, 0.25) is 0 Å². The Kier molecular flexibility index (Phi) is 4.97. The second-order valence-electron chi connectivity index (χ2n) is 8.48. The molecular weight excluding hydrogens is 386 g/mol. The molecule has 9 nitrogen and oxygen atoms in total. The van der Waals surface area contributed by atoms with Crippen LogP contribution in [0.2, 0.25) is 0 Å². The Balaban J connectivity index is 1.59. The number of imidazole rings is 1. The molecule has 1 aromatic carbocycles. The summed E-state index contributed by atoms with van der Waals surface area (Å²) < 4.78 is 7.09. The quantitative estimate of drug-likeness (QED) is 0.670. The van der Waals surface area contributed by atoms with Crippen LogP contribution in [0.5, 0.6) is 5.75 Å². The van der Waals surface area contributed by atoms with Gasteiger partial charge in [-0.1, -0.05) is 12.1 Å². The molecule has 4 rings (SSSR count). The third kappa shape index (κ3) is 4.00. The van der Waals surface area contributed by atoms with Gasteiger partial charge in [-0.05, 0) is 45.7 Å². The fourth-order valence-corrected chi connectivity index (χ4v) is 3.67. The number of likely N-dealkylation sites (tertiary alicyclic amines) is 1. The van der Waals surface area contributed by atoms with E-state index in [-0.39, 0.29) is 23.6 Å². The number of carbonyl (C=O) groups is 1. The summed E-state index contributed by atoms with van der Waals surface area (Å²) in [6, 6.07) is 6.59. The van der Waals surface area contributed by atoms with Gasteiger partial charge in [0.25, 0.3) is 0 Å². The Labute approximate surface area is 173 Å². The molecule has 2 aromatic heterocycles. The molecule has 9 heteroatoms. The van der Waals surface area contributed by atoms with E-state index in [1.165, 1.54) is 0 Å². The summed E-state index contributed by atoms with van der Waals surface area (Å²) in [5.74, 6) is 0.550. The van der Waals surface area contributed by atoms with Crippen LogP contribution in [0.25, 0.3) is 22.6 Å². The zero-order valence-electron chi connectivity index (χ0n) is 17.3. The van der Waals surface area contributed by atoms with Gasteiger partial charge in [-0.15, -0.1) is 0 Å². The predicted octanol–water partition coefficient (Wildman–Crippen LogP) is 3.06. The molecule has 0 bridgehead atoms. The van der Waals surface area contributed by atoms with Crippen LogP contribution < -0.4 is 5.69 Å². The Hall–Kier alpha value is -3.36. The number of phenolic OH excluding ortho intramolecular Hbond substituents is 1. The van der Waals surface area contributed by atoms with E-state index in [4.69, 9.17) is 4.74 Å². The van der Waals surface area contributed by atoms with E-state index in [0.717, 1.165) is 0 Å². The molecule has 0 spiro atoms. The van der Waals surface area contributed by atoms with E-state index in [9.17, 15) is 14.7 Å². The van der Waals surface area contributed by atoms with Gasteiger partial charge in [-0.3, -0.25) is 4.57 Å². The standard InChI is InChI=1S/C21H25N5O4/c1-21(2,3)30-20(29)25-9-7-14(8-10-25)26-18-16(23-19(26)28)12-22-17(24-18)13-5-4-6-15(27)11-13/h4-6,11-12,14,27H,7-10H2,1-3H3,(H,23,28). The number of rotatable bonds is 2. The highest BCUT2D eigenvalue weighted by Crippen LogP contribution is 2.27. The van der Waals surface area contributed by atoms with Gasteiger partial charge < -0.3 is 19.7 Å². The van der Waals surface area contributed by atoms with Gasteiger partial charge >= 0.3 is 11.8 Å². The number of hydrogen-bond donors (Lipinski definition) is 2. The first-order valence-corrected chi connectivity index (χ1v) is 9.96. The number of aromatic nitrogens is 4. The average Bonchev–Trinajstić information content (AvgIpc) is 3.01. The number of hydrogen-bond acceptors (Lipinski definition) is 6. The van der Waals surface area contributed by atoms with Crippen LogP contribution >= 0.6 is 0 Å². The summed E-state index contributed by atoms with van der Waals surface area (Å²) >= 11 is 0. The normalized spacial score (nSPS) is 15.5. The lowest BCUT2D eigenvalue weighted by Crippen LogP contribution is -2.43. The van der Waals surface area contributed by atoms with Crippen molar-refractivity contribution in [3.63, 3.8) is 0 Å². The highest BCUT2D eigenvalue weighted by molar-refractivity contribution is 5.73. The van der Waals surface area contributed by atoms with Crippen molar-refractivity contribution in [3.05, 3.63) is 40.9 Å². The molecule has 2 N–H and O–H groups in total. The van der Waals surface area contributed by atoms with Gasteiger partial charge in [0.05, 0.1) is 6.20 Å². The number of piperidine rings is 1. The maximum absolute atomic E-state index is 12.6. The lowest BCUT2D eigenvalue weighted by Gasteiger charge is -2.33. The molecule has 1 fully saturated rings. The van der Waals surface area contributed by atoms with Crippen molar-refractivity contribution in [2.45, 2.75) is 45.3 Å². The van der Waals surface area contributed by atoms with Crippen LogP contribution in [0.4, 0.5) is 4.79 Å². The summed E-state index contributed by atoms with van der Waals surface area (Å²) in [5, 5.41) is 9.73. The summed E-state index contributed by atoms with van der Waals surface area (Å²) in [7, 11) is 0. The fraction of sp³-hybridized carbons (Fsp3) is 0.429. The highest BCUT2D eigenvalue weighted by atomic mass is 16.6. The van der Waals surface area contributed by atoms with Crippen molar-refractivity contribution in [1.82, 2.24) is 24.4 Å². The minimum atomic E-state index is -0.541. The second-order valence-corrected chi connectivity index (χ2v) is 8.48. The molecule has 1 saturated heterocycles. The van der Waals surface area contributed by atoms with Crippen LogP contribution in [-0.4, -0.2) is 54.3 Å².